The topological polar surface area (TPSA) is 101 Å². The molecule has 2 fully saturated rings. The molecule has 0 aromatic rings. The summed E-state index contributed by atoms with van der Waals surface area (Å²) in [4.78, 5) is 35.7. The van der Waals surface area contributed by atoms with Crippen LogP contribution in [0.4, 0.5) is 0 Å². The van der Waals surface area contributed by atoms with Crippen molar-refractivity contribution in [2.75, 3.05) is 13.7 Å². The number of carbonyl (C=O) groups excluding carboxylic acids is 3. The summed E-state index contributed by atoms with van der Waals surface area (Å²) in [5.41, 5.74) is 0. The molecule has 2 aliphatic heterocycles. The predicted molar refractivity (Wildman–Crippen MR) is 81.6 cm³/mol. The molecular weight excluding hydrogens is 342 g/mol. The zero-order valence-electron chi connectivity index (χ0n) is 13.7. The van der Waals surface area contributed by atoms with Gasteiger partial charge in [-0.1, -0.05) is 0 Å². The number of hydrogen-bond donors (Lipinski definition) is 0. The van der Waals surface area contributed by atoms with E-state index in [1.54, 1.807) is 0 Å². The molecule has 0 aromatic carbocycles. The van der Waals surface area contributed by atoms with E-state index in [-0.39, 0.29) is 17.6 Å². The Hall–Kier alpha value is -1.78. The maximum absolute atomic E-state index is 11.6. The van der Waals surface area contributed by atoms with Gasteiger partial charge in [0, 0.05) is 27.9 Å². The van der Waals surface area contributed by atoms with Gasteiger partial charge in [0.25, 0.3) is 5.17 Å². The second-order valence-electron chi connectivity index (χ2n) is 5.40. The first-order chi connectivity index (χ1) is 11.2. The van der Waals surface area contributed by atoms with E-state index in [9.17, 15) is 14.4 Å². The van der Waals surface area contributed by atoms with Gasteiger partial charge in [-0.2, -0.15) is 0 Å². The Morgan fingerprint density at radius 3 is 2.21 bits per heavy atom. The Morgan fingerprint density at radius 2 is 1.71 bits per heavy atom. The van der Waals surface area contributed by atoms with Gasteiger partial charge >= 0.3 is 11.9 Å². The standard InChI is InChI=1S/C14H19NO8S/c1-6(16)15-5-9-10(23-14(15)24)11(20-7(2)17)12(21-8(3)18)13(19-4)22-9/h9-13H,5H2,1-4H3/t9-,10-,11+,12-,13+/m1/s1. The van der Waals surface area contributed by atoms with Crippen LogP contribution in [0.1, 0.15) is 20.8 Å². The van der Waals surface area contributed by atoms with E-state index in [2.05, 4.69) is 0 Å². The molecule has 0 N–H and O–H groups in total. The van der Waals surface area contributed by atoms with Gasteiger partial charge in [0.2, 0.25) is 5.91 Å². The fourth-order valence-electron chi connectivity index (χ4n) is 2.69. The molecule has 0 radical (unpaired) electrons. The molecule has 10 heteroatoms. The zero-order chi connectivity index (χ0) is 18.0. The third kappa shape index (κ3) is 3.82. The van der Waals surface area contributed by atoms with Crippen molar-refractivity contribution in [1.82, 2.24) is 4.90 Å². The summed E-state index contributed by atoms with van der Waals surface area (Å²) in [6.07, 6.45) is -4.48. The number of fused-ring (bicyclic) bond motifs is 1. The highest BCUT2D eigenvalue weighted by Crippen LogP contribution is 2.32. The van der Waals surface area contributed by atoms with Gasteiger partial charge in [0.05, 0.1) is 6.54 Å². The molecule has 2 aliphatic rings. The Labute approximate surface area is 144 Å². The molecule has 2 heterocycles. The van der Waals surface area contributed by atoms with Crippen molar-refractivity contribution in [3.8, 4) is 0 Å². The Kier molecular flexibility index (Phi) is 5.73. The summed E-state index contributed by atoms with van der Waals surface area (Å²) in [6, 6.07) is 0. The van der Waals surface area contributed by atoms with Crippen molar-refractivity contribution < 1.29 is 38.1 Å². The first kappa shape index (κ1) is 18.6. The van der Waals surface area contributed by atoms with E-state index in [0.29, 0.717) is 0 Å². The van der Waals surface area contributed by atoms with E-state index in [4.69, 9.17) is 35.9 Å². The minimum atomic E-state index is -1.02. The summed E-state index contributed by atoms with van der Waals surface area (Å²) >= 11 is 5.07. The average Bonchev–Trinajstić information content (AvgIpc) is 2.48. The largest absolute Gasteiger partial charge is 0.460 e. The summed E-state index contributed by atoms with van der Waals surface area (Å²) in [5, 5.41) is -0.0538. The van der Waals surface area contributed by atoms with Crippen LogP contribution < -0.4 is 0 Å². The highest BCUT2D eigenvalue weighted by molar-refractivity contribution is 7.80. The number of nitrogens with zero attached hydrogens (tertiary/aromatic N) is 1. The smallest absolute Gasteiger partial charge is 0.303 e. The Morgan fingerprint density at radius 1 is 1.12 bits per heavy atom. The number of thiocarbonyl (C=S) groups is 1. The van der Waals surface area contributed by atoms with Crippen LogP contribution in [0.15, 0.2) is 0 Å². The Bertz CT molecular complexity index is 553. The molecule has 134 valence electrons. The van der Waals surface area contributed by atoms with Gasteiger partial charge in [-0.05, 0) is 12.2 Å². The molecule has 0 aliphatic carbocycles. The normalized spacial score (nSPS) is 32.4. The second-order valence-corrected chi connectivity index (χ2v) is 5.75. The van der Waals surface area contributed by atoms with Gasteiger partial charge in [-0.25, -0.2) is 0 Å². The number of carbonyl (C=O) groups is 3. The molecule has 0 bridgehead atoms. The SMILES string of the molecule is CO[C@H]1O[C@@H]2CN(C(C)=O)C(=S)O[C@H]2[C@H](OC(C)=O)[C@H]1OC(C)=O. The third-order valence-corrected chi connectivity index (χ3v) is 3.94. The first-order valence-electron chi connectivity index (χ1n) is 7.26. The van der Waals surface area contributed by atoms with Crippen LogP contribution in [0.5, 0.6) is 0 Å². The highest BCUT2D eigenvalue weighted by atomic mass is 32.1. The van der Waals surface area contributed by atoms with Gasteiger partial charge in [-0.15, -0.1) is 0 Å². The van der Waals surface area contributed by atoms with E-state index in [1.165, 1.54) is 32.8 Å². The molecule has 24 heavy (non-hydrogen) atoms. The monoisotopic (exact) mass is 361 g/mol. The van der Waals surface area contributed by atoms with E-state index >= 15 is 0 Å². The number of rotatable bonds is 3. The molecule has 2 saturated heterocycles. The van der Waals surface area contributed by atoms with Crippen molar-refractivity contribution in [3.05, 3.63) is 0 Å². The van der Waals surface area contributed by atoms with E-state index < -0.39 is 42.6 Å². The fourth-order valence-corrected chi connectivity index (χ4v) is 3.01. The summed E-state index contributed by atoms with van der Waals surface area (Å²) in [7, 11) is 1.36. The number of ether oxygens (including phenoxy) is 5. The van der Waals surface area contributed by atoms with Gasteiger partial charge in [-0.3, -0.25) is 19.3 Å². The van der Waals surface area contributed by atoms with Crippen molar-refractivity contribution in [2.45, 2.75) is 51.5 Å². The lowest BCUT2D eigenvalue weighted by Crippen LogP contribution is -2.67. The molecule has 0 unspecified atom stereocenters. The van der Waals surface area contributed by atoms with Crippen LogP contribution in [-0.2, 0) is 38.1 Å². The molecule has 2 rings (SSSR count). The second kappa shape index (κ2) is 7.41. The Balaban J connectivity index is 2.31. The lowest BCUT2D eigenvalue weighted by atomic mass is 9.96. The van der Waals surface area contributed by atoms with Gasteiger partial charge in [0.1, 0.15) is 6.10 Å². The quantitative estimate of drug-likeness (QED) is 0.497. The van der Waals surface area contributed by atoms with Crippen LogP contribution in [0.2, 0.25) is 0 Å². The van der Waals surface area contributed by atoms with Gasteiger partial charge in [0.15, 0.2) is 24.6 Å². The van der Waals surface area contributed by atoms with Gasteiger partial charge < -0.3 is 23.7 Å². The lowest BCUT2D eigenvalue weighted by Gasteiger charge is -2.48. The highest BCUT2D eigenvalue weighted by Gasteiger charge is 2.54. The fraction of sp³-hybridized carbons (Fsp3) is 0.714. The first-order valence-corrected chi connectivity index (χ1v) is 7.66. The van der Waals surface area contributed by atoms with Crippen molar-refractivity contribution in [2.24, 2.45) is 0 Å². The minimum absolute atomic E-state index is 0.0538. The van der Waals surface area contributed by atoms with E-state index in [0.717, 1.165) is 0 Å². The number of hydrogen-bond acceptors (Lipinski definition) is 9. The predicted octanol–water partition coefficient (Wildman–Crippen LogP) is -0.247. The molecule has 0 saturated carbocycles. The molecule has 0 spiro atoms. The minimum Gasteiger partial charge on any atom is -0.460 e. The van der Waals surface area contributed by atoms with Crippen LogP contribution in [0, 0.1) is 0 Å². The summed E-state index contributed by atoms with van der Waals surface area (Å²) in [5.74, 6) is -1.48. The van der Waals surface area contributed by atoms with Crippen LogP contribution in [-0.4, -0.2) is 72.3 Å². The van der Waals surface area contributed by atoms with E-state index in [1.807, 2.05) is 0 Å². The van der Waals surface area contributed by atoms with Crippen LogP contribution in [0.3, 0.4) is 0 Å². The average molecular weight is 361 g/mol. The van der Waals surface area contributed by atoms with Crippen molar-refractivity contribution in [3.63, 3.8) is 0 Å². The summed E-state index contributed by atoms with van der Waals surface area (Å²) in [6.45, 7) is 3.90. The number of amides is 1. The van der Waals surface area contributed by atoms with Crippen molar-refractivity contribution in [1.29, 1.82) is 0 Å². The maximum Gasteiger partial charge on any atom is 0.303 e. The lowest BCUT2D eigenvalue weighted by molar-refractivity contribution is -0.299. The molecule has 1 amide bonds. The zero-order valence-corrected chi connectivity index (χ0v) is 14.5. The van der Waals surface area contributed by atoms with Crippen molar-refractivity contribution >= 4 is 35.2 Å². The van der Waals surface area contributed by atoms with Crippen LogP contribution >= 0.6 is 12.2 Å². The number of esters is 2. The summed E-state index contributed by atoms with van der Waals surface area (Å²) < 4.78 is 27.0. The maximum atomic E-state index is 11.6. The molecular formula is C14H19NO8S. The third-order valence-electron chi connectivity index (χ3n) is 3.63. The molecule has 0 aromatic heterocycles. The van der Waals surface area contributed by atoms with Crippen LogP contribution in [0.25, 0.3) is 0 Å². The molecule has 9 nitrogen and oxygen atoms in total. The number of methoxy groups -OCH3 is 1. The molecule has 5 atom stereocenters.